The van der Waals surface area contributed by atoms with Crippen LogP contribution in [0.5, 0.6) is 0 Å². The molecule has 13 nitrogen and oxygen atoms in total. The van der Waals surface area contributed by atoms with E-state index in [9.17, 15) is 24.3 Å². The van der Waals surface area contributed by atoms with Gasteiger partial charge < -0.3 is 31.5 Å². The van der Waals surface area contributed by atoms with Crippen LogP contribution < -0.4 is 16.8 Å². The van der Waals surface area contributed by atoms with Crippen molar-refractivity contribution in [2.45, 2.75) is 24.8 Å². The first kappa shape index (κ1) is 23.3. The van der Waals surface area contributed by atoms with E-state index >= 15 is 0 Å². The summed E-state index contributed by atoms with van der Waals surface area (Å²) in [6.07, 6.45) is -0.396. The predicted octanol–water partition coefficient (Wildman–Crippen LogP) is -0.310. The number of fused-ring (bicyclic) bond motifs is 1. The van der Waals surface area contributed by atoms with E-state index in [1.165, 1.54) is 17.1 Å². The lowest BCUT2D eigenvalue weighted by Crippen LogP contribution is -2.71. The third-order valence-electron chi connectivity index (χ3n) is 4.36. The molecular formula is C17H20N6O7S2. The third-order valence-corrected chi connectivity index (χ3v) is 6.37. The van der Waals surface area contributed by atoms with Crippen LogP contribution in [0.25, 0.3) is 0 Å². The molecular weight excluding hydrogens is 464 g/mol. The van der Waals surface area contributed by atoms with Crippen molar-refractivity contribution < 1.29 is 33.9 Å². The zero-order valence-corrected chi connectivity index (χ0v) is 18.4. The van der Waals surface area contributed by atoms with Gasteiger partial charge in [0.15, 0.2) is 10.8 Å². The summed E-state index contributed by atoms with van der Waals surface area (Å²) < 4.78 is 4.68. The molecule has 0 radical (unpaired) electrons. The molecule has 2 aliphatic rings. The number of carbonyl (C=O) groups excluding carboxylic acids is 3. The molecule has 6 N–H and O–H groups in total. The number of oxime groups is 1. The maximum Gasteiger partial charge on any atom is 0.404 e. The maximum absolute atomic E-state index is 12.8. The largest absolute Gasteiger partial charge is 0.477 e. The molecule has 2 atom stereocenters. The van der Waals surface area contributed by atoms with Crippen LogP contribution >= 0.6 is 23.1 Å². The summed E-state index contributed by atoms with van der Waals surface area (Å²) in [6.45, 7) is 1.79. The first-order valence-electron chi connectivity index (χ1n) is 9.29. The molecule has 1 fully saturated rings. The quantitative estimate of drug-likeness (QED) is 0.156. The number of ether oxygens (including phenoxy) is 1. The van der Waals surface area contributed by atoms with E-state index in [2.05, 4.69) is 20.2 Å². The van der Waals surface area contributed by atoms with Gasteiger partial charge in [-0.3, -0.25) is 14.5 Å². The van der Waals surface area contributed by atoms with Gasteiger partial charge in [0.2, 0.25) is 0 Å². The van der Waals surface area contributed by atoms with Gasteiger partial charge in [0.1, 0.15) is 36.0 Å². The summed E-state index contributed by atoms with van der Waals surface area (Å²) in [5.74, 6) is -2.53. The van der Waals surface area contributed by atoms with Crippen LogP contribution in [0.4, 0.5) is 9.93 Å². The predicted molar refractivity (Wildman–Crippen MR) is 115 cm³/mol. The van der Waals surface area contributed by atoms with Crippen molar-refractivity contribution in [2.24, 2.45) is 10.9 Å². The number of hydrogen-bond donors (Lipinski definition) is 4. The van der Waals surface area contributed by atoms with Crippen molar-refractivity contribution in [3.05, 3.63) is 22.3 Å². The fourth-order valence-corrected chi connectivity index (χ4v) is 4.84. The van der Waals surface area contributed by atoms with Gasteiger partial charge in [-0.25, -0.2) is 14.6 Å². The number of hydrogen-bond acceptors (Lipinski definition) is 11. The first-order valence-corrected chi connectivity index (χ1v) is 11.2. The lowest BCUT2D eigenvalue weighted by atomic mass is 10.0. The number of nitrogens with two attached hydrogens (primary N) is 2. The second-order valence-electron chi connectivity index (χ2n) is 6.57. The van der Waals surface area contributed by atoms with Crippen LogP contribution in [0, 0.1) is 0 Å². The number of β-lactam (4-membered cyclic amide) rings is 1. The number of carboxylic acids is 1. The molecule has 0 saturated carbocycles. The second kappa shape index (κ2) is 9.86. The van der Waals surface area contributed by atoms with E-state index in [0.717, 1.165) is 16.2 Å². The van der Waals surface area contributed by atoms with Crippen molar-refractivity contribution in [3.8, 4) is 0 Å². The lowest BCUT2D eigenvalue weighted by Gasteiger charge is -2.49. The Morgan fingerprint density at radius 2 is 2.19 bits per heavy atom. The van der Waals surface area contributed by atoms with Crippen molar-refractivity contribution in [1.29, 1.82) is 0 Å². The van der Waals surface area contributed by atoms with Gasteiger partial charge in [0.25, 0.3) is 11.8 Å². The first-order chi connectivity index (χ1) is 15.2. The highest BCUT2D eigenvalue weighted by Crippen LogP contribution is 2.40. The van der Waals surface area contributed by atoms with Gasteiger partial charge in [-0.1, -0.05) is 12.1 Å². The van der Waals surface area contributed by atoms with E-state index in [1.807, 2.05) is 6.92 Å². The standard InChI is InChI=1S/C17H20N6O7S2/c1-2-3-30-22-9(8-6-32-16(18)20-8)12(24)21-10-13(25)23-11(15(26)27)7(4-29-17(19)28)5-31-14(10)23/h6,10,14H,2-5H2,1H3,(H2,18,20)(H2,19,28)(H,21,24)(H,26,27)/t10?,14-/m0/s1. The van der Waals surface area contributed by atoms with Crippen LogP contribution in [-0.2, 0) is 24.0 Å². The average molecular weight is 485 g/mol. The number of primary amides is 1. The molecule has 3 rings (SSSR count). The fraction of sp³-hybridized carbons (Fsp3) is 0.412. The van der Waals surface area contributed by atoms with E-state index in [4.69, 9.17) is 16.3 Å². The summed E-state index contributed by atoms with van der Waals surface area (Å²) >= 11 is 2.33. The minimum Gasteiger partial charge on any atom is -0.477 e. The van der Waals surface area contributed by atoms with Gasteiger partial charge in [-0.15, -0.1) is 23.1 Å². The molecule has 172 valence electrons. The van der Waals surface area contributed by atoms with Crippen molar-refractivity contribution in [1.82, 2.24) is 15.2 Å². The monoisotopic (exact) mass is 484 g/mol. The minimum atomic E-state index is -1.36. The van der Waals surface area contributed by atoms with Crippen LogP contribution in [0.2, 0.25) is 0 Å². The Kier molecular flexibility index (Phi) is 7.19. The molecule has 0 aromatic carbocycles. The van der Waals surface area contributed by atoms with Gasteiger partial charge in [-0.05, 0) is 6.42 Å². The SMILES string of the molecule is CCCON=C(C(=O)NC1C(=O)N2C(C(=O)O)=C(COC(N)=O)CS[C@@H]12)c1csc(N)n1. The number of thiazole rings is 1. The van der Waals surface area contributed by atoms with Crippen molar-refractivity contribution in [2.75, 3.05) is 24.7 Å². The van der Waals surface area contributed by atoms with Crippen LogP contribution in [0.3, 0.4) is 0 Å². The molecule has 2 aliphatic heterocycles. The fourth-order valence-electron chi connectivity index (χ4n) is 2.96. The summed E-state index contributed by atoms with van der Waals surface area (Å²) in [5.41, 5.74) is 10.5. The topological polar surface area (TPSA) is 200 Å². The molecule has 1 unspecified atom stereocenters. The molecule has 3 amide bonds. The van der Waals surface area contributed by atoms with E-state index in [-0.39, 0.29) is 46.8 Å². The summed E-state index contributed by atoms with van der Waals surface area (Å²) in [4.78, 5) is 58.4. The summed E-state index contributed by atoms with van der Waals surface area (Å²) in [5, 5.41) is 17.1. The minimum absolute atomic E-state index is 0.150. The van der Waals surface area contributed by atoms with Gasteiger partial charge >= 0.3 is 12.1 Å². The number of carboxylic acid groups (broad SMARTS) is 1. The second-order valence-corrected chi connectivity index (χ2v) is 8.56. The number of anilines is 1. The highest BCUT2D eigenvalue weighted by Gasteiger charge is 2.54. The molecule has 0 aliphatic carbocycles. The maximum atomic E-state index is 12.8. The van der Waals surface area contributed by atoms with Crippen LogP contribution in [0.1, 0.15) is 19.0 Å². The number of carbonyl (C=O) groups is 4. The van der Waals surface area contributed by atoms with Crippen molar-refractivity contribution in [3.63, 3.8) is 0 Å². The summed E-state index contributed by atoms with van der Waals surface area (Å²) in [6, 6.07) is -0.993. The molecule has 1 aromatic rings. The zero-order valence-electron chi connectivity index (χ0n) is 16.8. The molecule has 0 bridgehead atoms. The number of nitrogen functional groups attached to an aromatic ring is 1. The van der Waals surface area contributed by atoms with E-state index < -0.39 is 35.3 Å². The highest BCUT2D eigenvalue weighted by molar-refractivity contribution is 8.00. The van der Waals surface area contributed by atoms with Crippen LogP contribution in [0.15, 0.2) is 21.8 Å². The number of thioether (sulfide) groups is 1. The summed E-state index contributed by atoms with van der Waals surface area (Å²) in [7, 11) is 0. The zero-order chi connectivity index (χ0) is 23.4. The molecule has 15 heteroatoms. The number of nitrogens with one attached hydrogen (secondary N) is 1. The Balaban J connectivity index is 1.77. The molecule has 1 aromatic heterocycles. The smallest absolute Gasteiger partial charge is 0.404 e. The number of rotatable bonds is 9. The number of aromatic nitrogens is 1. The van der Waals surface area contributed by atoms with Crippen molar-refractivity contribution >= 4 is 57.8 Å². The normalized spacial score (nSPS) is 20.3. The van der Waals surface area contributed by atoms with Gasteiger partial charge in [0, 0.05) is 16.7 Å². The van der Waals surface area contributed by atoms with Crippen LogP contribution in [-0.4, -0.2) is 75.0 Å². The number of nitrogens with zero attached hydrogens (tertiary/aromatic N) is 3. The highest BCUT2D eigenvalue weighted by atomic mass is 32.2. The van der Waals surface area contributed by atoms with E-state index in [1.54, 1.807) is 0 Å². The number of amides is 3. The molecule has 32 heavy (non-hydrogen) atoms. The van der Waals surface area contributed by atoms with Gasteiger partial charge in [-0.2, -0.15) is 0 Å². The molecule has 0 spiro atoms. The Morgan fingerprint density at radius 1 is 1.44 bits per heavy atom. The Hall–Kier alpha value is -3.33. The Labute approximate surface area is 189 Å². The third kappa shape index (κ3) is 4.77. The van der Waals surface area contributed by atoms with Gasteiger partial charge in [0.05, 0.1) is 0 Å². The molecule has 3 heterocycles. The average Bonchev–Trinajstić information content (AvgIpc) is 3.18. The molecule has 1 saturated heterocycles. The van der Waals surface area contributed by atoms with E-state index in [0.29, 0.717) is 6.42 Å². The Morgan fingerprint density at radius 3 is 2.78 bits per heavy atom. The lowest BCUT2D eigenvalue weighted by molar-refractivity contribution is -0.150. The Bertz CT molecular complexity index is 1010. The number of aliphatic carboxylic acids is 1.